The third kappa shape index (κ3) is 4.99. The Balaban J connectivity index is 2.34. The van der Waals surface area contributed by atoms with Crippen LogP contribution in [-0.4, -0.2) is 0 Å². The summed E-state index contributed by atoms with van der Waals surface area (Å²) in [5, 5.41) is 11.2. The third-order valence-corrected chi connectivity index (χ3v) is 5.51. The number of halogens is 1. The summed E-state index contributed by atoms with van der Waals surface area (Å²) >= 11 is 3.46. The lowest BCUT2D eigenvalue weighted by molar-refractivity contribution is 0.549. The van der Waals surface area contributed by atoms with E-state index < -0.39 is 0 Å². The van der Waals surface area contributed by atoms with Gasteiger partial charge in [0.05, 0.1) is 12.0 Å². The van der Waals surface area contributed by atoms with E-state index in [0.29, 0.717) is 11.5 Å². The molecular formula is C26H29BrN2O. The molecule has 3 aromatic rings. The van der Waals surface area contributed by atoms with E-state index >= 15 is 0 Å². The van der Waals surface area contributed by atoms with Gasteiger partial charge in [0, 0.05) is 9.69 Å². The molecule has 2 aromatic carbocycles. The summed E-state index contributed by atoms with van der Waals surface area (Å²) in [6.07, 6.45) is 1.66. The number of rotatable bonds is 3. The first-order valence-corrected chi connectivity index (χ1v) is 10.9. The molecule has 1 heterocycles. The van der Waals surface area contributed by atoms with Crippen LogP contribution in [0, 0.1) is 0 Å². The van der Waals surface area contributed by atoms with Crippen LogP contribution >= 0.6 is 15.9 Å². The van der Waals surface area contributed by atoms with E-state index in [-0.39, 0.29) is 10.8 Å². The molecule has 0 atom stereocenters. The average Bonchev–Trinajstić information content (AvgIpc) is 3.17. The molecule has 0 saturated carbocycles. The summed E-state index contributed by atoms with van der Waals surface area (Å²) < 4.78 is 6.73. The summed E-state index contributed by atoms with van der Waals surface area (Å²) in [5.74, 6) is 0.687. The quantitative estimate of drug-likeness (QED) is 0.384. The Kier molecular flexibility index (Phi) is 6.19. The van der Waals surface area contributed by atoms with E-state index in [0.717, 1.165) is 20.6 Å². The average molecular weight is 465 g/mol. The summed E-state index contributed by atoms with van der Waals surface area (Å²) in [7, 11) is 0. The van der Waals surface area contributed by atoms with Gasteiger partial charge in [0.15, 0.2) is 5.76 Å². The van der Waals surface area contributed by atoms with Crippen LogP contribution in [0.2, 0.25) is 0 Å². The van der Waals surface area contributed by atoms with Gasteiger partial charge < -0.3 is 4.42 Å². The molecule has 0 N–H and O–H groups in total. The molecule has 0 fully saturated rings. The maximum absolute atomic E-state index is 5.72. The SMILES string of the molecule is C=c1c(C(C)(C)C)cc(=C(N=Nc2ccc(Br)cc2)c2ccco2)cc1C(C)(C)C. The van der Waals surface area contributed by atoms with Crippen molar-refractivity contribution >= 4 is 33.9 Å². The van der Waals surface area contributed by atoms with Crippen LogP contribution in [0.3, 0.4) is 0 Å². The van der Waals surface area contributed by atoms with Crippen molar-refractivity contribution in [3.8, 4) is 0 Å². The number of hydrogen-bond donors (Lipinski definition) is 0. The Bertz CT molecular complexity index is 1120. The first kappa shape index (κ1) is 22.2. The highest BCUT2D eigenvalue weighted by molar-refractivity contribution is 9.10. The van der Waals surface area contributed by atoms with Crippen molar-refractivity contribution in [1.29, 1.82) is 0 Å². The number of azo groups is 1. The zero-order valence-corrected chi connectivity index (χ0v) is 20.2. The fourth-order valence-corrected chi connectivity index (χ4v) is 3.69. The minimum atomic E-state index is -0.0514. The van der Waals surface area contributed by atoms with Crippen molar-refractivity contribution in [2.24, 2.45) is 10.2 Å². The molecular weight excluding hydrogens is 436 g/mol. The van der Waals surface area contributed by atoms with Crippen molar-refractivity contribution in [2.45, 2.75) is 52.4 Å². The van der Waals surface area contributed by atoms with Gasteiger partial charge in [0.2, 0.25) is 0 Å². The predicted molar refractivity (Wildman–Crippen MR) is 128 cm³/mol. The second-order valence-electron chi connectivity index (χ2n) is 9.55. The minimum Gasteiger partial charge on any atom is -0.463 e. The van der Waals surface area contributed by atoms with Gasteiger partial charge in [0.25, 0.3) is 0 Å². The topological polar surface area (TPSA) is 37.9 Å². The monoisotopic (exact) mass is 464 g/mol. The minimum absolute atomic E-state index is 0.0514. The molecule has 1 aromatic heterocycles. The van der Waals surface area contributed by atoms with E-state index in [2.05, 4.69) is 86.4 Å². The lowest BCUT2D eigenvalue weighted by atomic mass is 9.78. The third-order valence-electron chi connectivity index (χ3n) is 4.99. The molecule has 3 nitrogen and oxygen atoms in total. The van der Waals surface area contributed by atoms with Gasteiger partial charge >= 0.3 is 0 Å². The molecule has 3 rings (SSSR count). The van der Waals surface area contributed by atoms with Crippen LogP contribution < -0.4 is 10.4 Å². The maximum atomic E-state index is 5.72. The molecule has 0 aliphatic rings. The molecule has 0 amide bonds. The first-order valence-electron chi connectivity index (χ1n) is 10.1. The zero-order valence-electron chi connectivity index (χ0n) is 18.6. The van der Waals surface area contributed by atoms with Crippen molar-refractivity contribution in [3.05, 3.63) is 86.6 Å². The van der Waals surface area contributed by atoms with Crippen LogP contribution in [0.25, 0.3) is 12.3 Å². The smallest absolute Gasteiger partial charge is 0.154 e. The Morgan fingerprint density at radius 3 is 1.93 bits per heavy atom. The fourth-order valence-electron chi connectivity index (χ4n) is 3.43. The lowest BCUT2D eigenvalue weighted by Crippen LogP contribution is -2.33. The molecule has 0 saturated heterocycles. The van der Waals surface area contributed by atoms with E-state index in [4.69, 9.17) is 4.42 Å². The van der Waals surface area contributed by atoms with Crippen LogP contribution in [0.1, 0.15) is 58.4 Å². The van der Waals surface area contributed by atoms with Crippen molar-refractivity contribution < 1.29 is 4.42 Å². The standard InChI is InChI=1S/C26H29BrN2O/c1-17-21(25(2,3)4)15-18(16-22(17)26(5,6)7)24(23-9-8-14-30-23)29-28-20-12-10-19(27)11-13-20/h8-16H,1H2,2-7H3. The molecule has 156 valence electrons. The van der Waals surface area contributed by atoms with Crippen LogP contribution in [0.15, 0.2) is 73.9 Å². The highest BCUT2D eigenvalue weighted by Crippen LogP contribution is 2.25. The van der Waals surface area contributed by atoms with Gasteiger partial charge in [-0.3, -0.25) is 0 Å². The molecule has 30 heavy (non-hydrogen) atoms. The number of hydrogen-bond acceptors (Lipinski definition) is 3. The fraction of sp³-hybridized carbons (Fsp3) is 0.308. The summed E-state index contributed by atoms with van der Waals surface area (Å²) in [6, 6.07) is 15.9. The van der Waals surface area contributed by atoms with Gasteiger partial charge in [-0.1, -0.05) is 64.1 Å². The molecule has 0 aliphatic heterocycles. The van der Waals surface area contributed by atoms with Crippen molar-refractivity contribution in [2.75, 3.05) is 0 Å². The Morgan fingerprint density at radius 1 is 0.900 bits per heavy atom. The number of nitrogens with zero attached hydrogens (tertiary/aromatic N) is 2. The van der Waals surface area contributed by atoms with Crippen LogP contribution in [-0.2, 0) is 10.8 Å². The molecule has 0 radical (unpaired) electrons. The van der Waals surface area contributed by atoms with E-state index in [1.165, 1.54) is 11.1 Å². The maximum Gasteiger partial charge on any atom is 0.154 e. The summed E-state index contributed by atoms with van der Waals surface area (Å²) in [5.41, 5.74) is 3.79. The molecule has 0 spiro atoms. The van der Waals surface area contributed by atoms with E-state index in [1.807, 2.05) is 36.4 Å². The van der Waals surface area contributed by atoms with Gasteiger partial charge in [-0.25, -0.2) is 0 Å². The van der Waals surface area contributed by atoms with Crippen molar-refractivity contribution in [1.82, 2.24) is 0 Å². The Morgan fingerprint density at radius 2 is 1.47 bits per heavy atom. The first-order chi connectivity index (χ1) is 14.0. The van der Waals surface area contributed by atoms with E-state index in [9.17, 15) is 0 Å². The van der Waals surface area contributed by atoms with Gasteiger partial charge in [0.1, 0.15) is 5.70 Å². The highest BCUT2D eigenvalue weighted by atomic mass is 79.9. The molecule has 4 heteroatoms. The predicted octanol–water partition coefficient (Wildman–Crippen LogP) is 6.99. The summed E-state index contributed by atoms with van der Waals surface area (Å²) in [4.78, 5) is 0. The molecule has 0 bridgehead atoms. The highest BCUT2D eigenvalue weighted by Gasteiger charge is 2.22. The lowest BCUT2D eigenvalue weighted by Gasteiger charge is -2.26. The molecule has 0 unspecified atom stereocenters. The van der Waals surface area contributed by atoms with Crippen LogP contribution in [0.4, 0.5) is 5.69 Å². The van der Waals surface area contributed by atoms with Gasteiger partial charge in [-0.2, -0.15) is 5.11 Å². The van der Waals surface area contributed by atoms with Crippen LogP contribution in [0.5, 0.6) is 0 Å². The second kappa shape index (κ2) is 8.35. The van der Waals surface area contributed by atoms with Gasteiger partial charge in [-0.15, -0.1) is 5.11 Å². The zero-order chi connectivity index (χ0) is 22.1. The van der Waals surface area contributed by atoms with E-state index in [1.54, 1.807) is 6.26 Å². The van der Waals surface area contributed by atoms with Gasteiger partial charge in [-0.05, 0) is 75.7 Å². The Hall–Kier alpha value is -2.46. The summed E-state index contributed by atoms with van der Waals surface area (Å²) in [6.45, 7) is 17.7. The normalized spacial score (nSPS) is 12.5. The largest absolute Gasteiger partial charge is 0.463 e. The second-order valence-corrected chi connectivity index (χ2v) is 10.5. The molecule has 0 aliphatic carbocycles. The van der Waals surface area contributed by atoms with Crippen molar-refractivity contribution in [3.63, 3.8) is 0 Å². The Labute approximate surface area is 187 Å². The number of furan rings is 1. The number of benzene rings is 2.